The SMILES string of the molecule is Cc1cc2ncc(CNc3ccc(C#N)cc3Cl)cn2n1. The highest BCUT2D eigenvalue weighted by Gasteiger charge is 2.04. The highest BCUT2D eigenvalue weighted by molar-refractivity contribution is 6.33. The summed E-state index contributed by atoms with van der Waals surface area (Å²) in [6.45, 7) is 2.51. The van der Waals surface area contributed by atoms with E-state index in [0.717, 1.165) is 22.6 Å². The molecule has 3 rings (SSSR count). The van der Waals surface area contributed by atoms with Crippen molar-refractivity contribution in [3.63, 3.8) is 0 Å². The zero-order valence-corrected chi connectivity index (χ0v) is 12.1. The van der Waals surface area contributed by atoms with Gasteiger partial charge in [0.2, 0.25) is 0 Å². The van der Waals surface area contributed by atoms with Crippen molar-refractivity contribution >= 4 is 22.9 Å². The summed E-state index contributed by atoms with van der Waals surface area (Å²) in [6, 6.07) is 9.15. The van der Waals surface area contributed by atoms with Crippen molar-refractivity contribution in [2.24, 2.45) is 0 Å². The van der Waals surface area contributed by atoms with Crippen molar-refractivity contribution in [2.75, 3.05) is 5.32 Å². The molecule has 1 N–H and O–H groups in total. The molecule has 1 aromatic carbocycles. The fraction of sp³-hybridized carbons (Fsp3) is 0.133. The average molecular weight is 298 g/mol. The van der Waals surface area contributed by atoms with Crippen LogP contribution in [0.4, 0.5) is 5.69 Å². The van der Waals surface area contributed by atoms with Crippen LogP contribution in [0.5, 0.6) is 0 Å². The second-order valence-corrected chi connectivity index (χ2v) is 5.12. The Morgan fingerprint density at radius 3 is 3.00 bits per heavy atom. The zero-order chi connectivity index (χ0) is 14.8. The van der Waals surface area contributed by atoms with Crippen LogP contribution in [0.15, 0.2) is 36.7 Å². The third kappa shape index (κ3) is 2.81. The number of rotatable bonds is 3. The molecule has 0 aliphatic heterocycles. The number of benzene rings is 1. The molecule has 6 heteroatoms. The van der Waals surface area contributed by atoms with Crippen LogP contribution in [0, 0.1) is 18.3 Å². The number of hydrogen-bond acceptors (Lipinski definition) is 4. The fourth-order valence-electron chi connectivity index (χ4n) is 2.05. The molecule has 0 unspecified atom stereocenters. The summed E-state index contributed by atoms with van der Waals surface area (Å²) in [4.78, 5) is 4.35. The minimum absolute atomic E-state index is 0.526. The zero-order valence-electron chi connectivity index (χ0n) is 11.3. The van der Waals surface area contributed by atoms with Gasteiger partial charge in [-0.3, -0.25) is 0 Å². The van der Waals surface area contributed by atoms with Gasteiger partial charge in [0.1, 0.15) is 0 Å². The van der Waals surface area contributed by atoms with Crippen molar-refractivity contribution in [3.8, 4) is 6.07 Å². The number of nitriles is 1. The van der Waals surface area contributed by atoms with Crippen LogP contribution in [-0.4, -0.2) is 14.6 Å². The lowest BCUT2D eigenvalue weighted by molar-refractivity contribution is 0.895. The number of hydrogen-bond donors (Lipinski definition) is 1. The number of halogens is 1. The van der Waals surface area contributed by atoms with Gasteiger partial charge in [0.25, 0.3) is 0 Å². The van der Waals surface area contributed by atoms with Crippen LogP contribution in [-0.2, 0) is 6.54 Å². The molecule has 21 heavy (non-hydrogen) atoms. The van der Waals surface area contributed by atoms with Crippen LogP contribution in [0.1, 0.15) is 16.8 Å². The molecule has 0 atom stereocenters. The summed E-state index contributed by atoms with van der Waals surface area (Å²) in [5, 5.41) is 16.9. The fourth-order valence-corrected chi connectivity index (χ4v) is 2.30. The Morgan fingerprint density at radius 2 is 2.24 bits per heavy atom. The van der Waals surface area contributed by atoms with Crippen molar-refractivity contribution in [2.45, 2.75) is 13.5 Å². The van der Waals surface area contributed by atoms with Crippen LogP contribution in [0.3, 0.4) is 0 Å². The predicted molar refractivity (Wildman–Crippen MR) is 81.2 cm³/mol. The molecule has 3 aromatic rings. The van der Waals surface area contributed by atoms with Crippen molar-refractivity contribution in [1.29, 1.82) is 5.26 Å². The molecule has 0 spiro atoms. The van der Waals surface area contributed by atoms with E-state index in [1.54, 1.807) is 28.9 Å². The van der Waals surface area contributed by atoms with Gasteiger partial charge in [-0.05, 0) is 25.1 Å². The molecule has 2 heterocycles. The Hall–Kier alpha value is -2.58. The average Bonchev–Trinajstić information content (AvgIpc) is 2.85. The lowest BCUT2D eigenvalue weighted by Crippen LogP contribution is -2.03. The Morgan fingerprint density at radius 1 is 1.38 bits per heavy atom. The molecule has 0 aliphatic rings. The summed E-state index contributed by atoms with van der Waals surface area (Å²) >= 11 is 6.13. The molecule has 5 nitrogen and oxygen atoms in total. The molecule has 0 amide bonds. The largest absolute Gasteiger partial charge is 0.380 e. The van der Waals surface area contributed by atoms with Crippen LogP contribution < -0.4 is 5.32 Å². The number of nitrogens with zero attached hydrogens (tertiary/aromatic N) is 4. The maximum Gasteiger partial charge on any atom is 0.155 e. The molecule has 0 saturated heterocycles. The molecule has 104 valence electrons. The van der Waals surface area contributed by atoms with E-state index in [1.807, 2.05) is 19.2 Å². The minimum Gasteiger partial charge on any atom is -0.380 e. The van der Waals surface area contributed by atoms with Gasteiger partial charge in [-0.15, -0.1) is 0 Å². The quantitative estimate of drug-likeness (QED) is 0.806. The number of fused-ring (bicyclic) bond motifs is 1. The highest BCUT2D eigenvalue weighted by Crippen LogP contribution is 2.23. The van der Waals surface area contributed by atoms with Crippen LogP contribution in [0.25, 0.3) is 5.65 Å². The molecule has 0 radical (unpaired) electrons. The number of anilines is 1. The Bertz CT molecular complexity index is 847. The van der Waals surface area contributed by atoms with Crippen molar-refractivity contribution in [3.05, 3.63) is 58.5 Å². The van der Waals surface area contributed by atoms with Gasteiger partial charge in [-0.2, -0.15) is 10.4 Å². The third-order valence-electron chi connectivity index (χ3n) is 3.07. The summed E-state index contributed by atoms with van der Waals surface area (Å²) < 4.78 is 1.76. The topological polar surface area (TPSA) is 66.0 Å². The Balaban J connectivity index is 1.78. The summed E-state index contributed by atoms with van der Waals surface area (Å²) in [7, 11) is 0. The first-order chi connectivity index (χ1) is 10.2. The Kier molecular flexibility index (Phi) is 3.46. The highest BCUT2D eigenvalue weighted by atomic mass is 35.5. The minimum atomic E-state index is 0.526. The van der Waals surface area contributed by atoms with Crippen molar-refractivity contribution < 1.29 is 0 Å². The second-order valence-electron chi connectivity index (χ2n) is 4.71. The maximum absolute atomic E-state index is 8.82. The van der Waals surface area contributed by atoms with Crippen molar-refractivity contribution in [1.82, 2.24) is 14.6 Å². The molecule has 0 saturated carbocycles. The van der Waals surface area contributed by atoms with Crippen LogP contribution in [0.2, 0.25) is 5.02 Å². The first-order valence-electron chi connectivity index (χ1n) is 6.40. The first kappa shape index (κ1) is 13.4. The number of aryl methyl sites for hydroxylation is 1. The Labute approximate surface area is 126 Å². The number of nitrogens with one attached hydrogen (secondary N) is 1. The molecule has 0 fully saturated rings. The molecular formula is C15H12ClN5. The van der Waals surface area contributed by atoms with E-state index in [0.29, 0.717) is 17.1 Å². The van der Waals surface area contributed by atoms with Crippen LogP contribution >= 0.6 is 11.6 Å². The lowest BCUT2D eigenvalue weighted by atomic mass is 10.2. The smallest absolute Gasteiger partial charge is 0.155 e. The monoisotopic (exact) mass is 297 g/mol. The molecule has 0 aliphatic carbocycles. The summed E-state index contributed by atoms with van der Waals surface area (Å²) in [6.07, 6.45) is 3.74. The van der Waals surface area contributed by atoms with E-state index in [4.69, 9.17) is 16.9 Å². The van der Waals surface area contributed by atoms with Gasteiger partial charge < -0.3 is 5.32 Å². The predicted octanol–water partition coefficient (Wildman–Crippen LogP) is 3.17. The van der Waals surface area contributed by atoms with E-state index >= 15 is 0 Å². The third-order valence-corrected chi connectivity index (χ3v) is 3.38. The maximum atomic E-state index is 8.82. The van der Waals surface area contributed by atoms with Gasteiger partial charge in [0, 0.05) is 30.6 Å². The second kappa shape index (κ2) is 5.43. The standard InChI is InChI=1S/C15H12ClN5/c1-10-4-15-19-8-12(9-21(15)20-10)7-18-14-3-2-11(6-17)5-13(14)16/h2-5,8-9,18H,7H2,1H3. The van der Waals surface area contributed by atoms with E-state index < -0.39 is 0 Å². The van der Waals surface area contributed by atoms with E-state index in [9.17, 15) is 0 Å². The van der Waals surface area contributed by atoms with Gasteiger partial charge in [-0.25, -0.2) is 9.50 Å². The molecular weight excluding hydrogens is 286 g/mol. The van der Waals surface area contributed by atoms with Gasteiger partial charge in [0.15, 0.2) is 5.65 Å². The first-order valence-corrected chi connectivity index (χ1v) is 6.78. The van der Waals surface area contributed by atoms with E-state index in [-0.39, 0.29) is 0 Å². The van der Waals surface area contributed by atoms with E-state index in [1.165, 1.54) is 0 Å². The summed E-state index contributed by atoms with van der Waals surface area (Å²) in [5.41, 5.74) is 4.08. The van der Waals surface area contributed by atoms with E-state index in [2.05, 4.69) is 21.5 Å². The molecule has 0 bridgehead atoms. The van der Waals surface area contributed by atoms with Gasteiger partial charge in [-0.1, -0.05) is 11.6 Å². The van der Waals surface area contributed by atoms with Gasteiger partial charge >= 0.3 is 0 Å². The molecule has 2 aromatic heterocycles. The lowest BCUT2D eigenvalue weighted by Gasteiger charge is -2.08. The number of aromatic nitrogens is 3. The normalized spacial score (nSPS) is 10.5. The summed E-state index contributed by atoms with van der Waals surface area (Å²) in [5.74, 6) is 0. The van der Waals surface area contributed by atoms with Gasteiger partial charge in [0.05, 0.1) is 28.0 Å².